The van der Waals surface area contributed by atoms with Crippen molar-refractivity contribution in [1.82, 2.24) is 5.32 Å². The smallest absolute Gasteiger partial charge is 0.387 e. The number of aliphatic hydroxyl groups is 1. The van der Waals surface area contributed by atoms with Gasteiger partial charge in [0.15, 0.2) is 0 Å². The summed E-state index contributed by atoms with van der Waals surface area (Å²) in [5.41, 5.74) is -0.241. The molecule has 0 bridgehead atoms. The lowest BCUT2D eigenvalue weighted by atomic mass is 10.1. The summed E-state index contributed by atoms with van der Waals surface area (Å²) in [7, 11) is 0. The second-order valence-corrected chi connectivity index (χ2v) is 5.36. The number of rotatable bonds is 8. The Morgan fingerprint density at radius 1 is 1.24 bits per heavy atom. The van der Waals surface area contributed by atoms with Crippen molar-refractivity contribution in [1.29, 1.82) is 0 Å². The topological polar surface area (TPSA) is 41.5 Å². The SMILES string of the molecule is OC(CNCCOCC1CC1)c1ccc(C(F)(F)F)cc1. The average molecular weight is 303 g/mol. The van der Waals surface area contributed by atoms with Crippen molar-refractivity contribution in [3.63, 3.8) is 0 Å². The quantitative estimate of drug-likeness (QED) is 0.726. The first-order valence-corrected chi connectivity index (χ1v) is 7.10. The van der Waals surface area contributed by atoms with E-state index in [1.165, 1.54) is 25.0 Å². The molecule has 0 spiro atoms. The third-order valence-electron chi connectivity index (χ3n) is 3.43. The second kappa shape index (κ2) is 7.24. The summed E-state index contributed by atoms with van der Waals surface area (Å²) in [5, 5.41) is 12.9. The largest absolute Gasteiger partial charge is 0.416 e. The number of hydrogen-bond donors (Lipinski definition) is 2. The van der Waals surface area contributed by atoms with E-state index in [4.69, 9.17) is 4.74 Å². The zero-order valence-electron chi connectivity index (χ0n) is 11.7. The second-order valence-electron chi connectivity index (χ2n) is 5.36. The molecule has 1 aromatic carbocycles. The molecule has 1 fully saturated rings. The molecular formula is C15H20F3NO2. The predicted molar refractivity (Wildman–Crippen MR) is 72.8 cm³/mol. The van der Waals surface area contributed by atoms with E-state index < -0.39 is 17.8 Å². The Kier molecular flexibility index (Phi) is 5.61. The molecule has 3 nitrogen and oxygen atoms in total. The lowest BCUT2D eigenvalue weighted by molar-refractivity contribution is -0.137. The molecule has 1 atom stereocenters. The van der Waals surface area contributed by atoms with Crippen LogP contribution < -0.4 is 5.32 Å². The van der Waals surface area contributed by atoms with Gasteiger partial charge in [0.05, 0.1) is 18.3 Å². The Bertz CT molecular complexity index is 430. The fraction of sp³-hybridized carbons (Fsp3) is 0.600. The molecule has 1 aromatic rings. The Hall–Kier alpha value is -1.11. The minimum absolute atomic E-state index is 0.290. The highest BCUT2D eigenvalue weighted by atomic mass is 19.4. The highest BCUT2D eigenvalue weighted by molar-refractivity contribution is 5.26. The maximum absolute atomic E-state index is 12.4. The predicted octanol–water partition coefficient (Wildman–Crippen LogP) is 2.76. The van der Waals surface area contributed by atoms with E-state index >= 15 is 0 Å². The van der Waals surface area contributed by atoms with E-state index in [9.17, 15) is 18.3 Å². The third-order valence-corrected chi connectivity index (χ3v) is 3.43. The molecular weight excluding hydrogens is 283 g/mol. The van der Waals surface area contributed by atoms with Gasteiger partial charge in [-0.3, -0.25) is 0 Å². The van der Waals surface area contributed by atoms with Crippen LogP contribution in [-0.2, 0) is 10.9 Å². The molecule has 0 radical (unpaired) electrons. The van der Waals surface area contributed by atoms with Gasteiger partial charge in [-0.05, 0) is 36.5 Å². The van der Waals surface area contributed by atoms with Crippen molar-refractivity contribution in [3.8, 4) is 0 Å². The average Bonchev–Trinajstić information content (AvgIpc) is 3.26. The number of halogens is 3. The Morgan fingerprint density at radius 3 is 2.48 bits per heavy atom. The van der Waals surface area contributed by atoms with E-state index in [2.05, 4.69) is 5.32 Å². The molecule has 2 rings (SSSR count). The first-order chi connectivity index (χ1) is 9.97. The van der Waals surface area contributed by atoms with Gasteiger partial charge in [0.2, 0.25) is 0 Å². The number of hydrogen-bond acceptors (Lipinski definition) is 3. The number of benzene rings is 1. The third kappa shape index (κ3) is 5.65. The van der Waals surface area contributed by atoms with Gasteiger partial charge in [0, 0.05) is 19.7 Å². The summed E-state index contributed by atoms with van der Waals surface area (Å²) in [5.74, 6) is 0.725. The molecule has 1 aliphatic rings. The summed E-state index contributed by atoms with van der Waals surface area (Å²) in [6.45, 7) is 2.28. The number of aliphatic hydroxyl groups excluding tert-OH is 1. The standard InChI is InChI=1S/C15H20F3NO2/c16-15(17,18)13-5-3-12(4-6-13)14(20)9-19-7-8-21-10-11-1-2-11/h3-6,11,14,19-20H,1-2,7-10H2. The van der Waals surface area contributed by atoms with Gasteiger partial charge in [-0.15, -0.1) is 0 Å². The van der Waals surface area contributed by atoms with E-state index in [1.54, 1.807) is 0 Å². The van der Waals surface area contributed by atoms with E-state index in [-0.39, 0.29) is 6.54 Å². The van der Waals surface area contributed by atoms with Crippen molar-refractivity contribution in [2.75, 3.05) is 26.3 Å². The van der Waals surface area contributed by atoms with E-state index in [1.807, 2.05) is 0 Å². The fourth-order valence-electron chi connectivity index (χ4n) is 1.93. The highest BCUT2D eigenvalue weighted by Gasteiger charge is 2.30. The van der Waals surface area contributed by atoms with Crippen LogP contribution >= 0.6 is 0 Å². The summed E-state index contributed by atoms with van der Waals surface area (Å²) >= 11 is 0. The van der Waals surface area contributed by atoms with Crippen molar-refractivity contribution < 1.29 is 23.0 Å². The van der Waals surface area contributed by atoms with Gasteiger partial charge in [0.1, 0.15) is 0 Å². The summed E-state index contributed by atoms with van der Waals surface area (Å²) in [4.78, 5) is 0. The van der Waals surface area contributed by atoms with Gasteiger partial charge in [-0.1, -0.05) is 12.1 Å². The lowest BCUT2D eigenvalue weighted by Gasteiger charge is -2.13. The van der Waals surface area contributed by atoms with Crippen LogP contribution in [0.3, 0.4) is 0 Å². The summed E-state index contributed by atoms with van der Waals surface area (Å²) in [6.07, 6.45) is -2.67. The summed E-state index contributed by atoms with van der Waals surface area (Å²) < 4.78 is 42.7. The van der Waals surface area contributed by atoms with Crippen LogP contribution in [-0.4, -0.2) is 31.4 Å². The maximum atomic E-state index is 12.4. The molecule has 2 N–H and O–H groups in total. The van der Waals surface area contributed by atoms with Crippen molar-refractivity contribution in [2.24, 2.45) is 5.92 Å². The lowest BCUT2D eigenvalue weighted by Crippen LogP contribution is -2.25. The molecule has 0 amide bonds. The zero-order valence-corrected chi connectivity index (χ0v) is 11.7. The van der Waals surface area contributed by atoms with Crippen LogP contribution in [0.2, 0.25) is 0 Å². The monoisotopic (exact) mass is 303 g/mol. The van der Waals surface area contributed by atoms with E-state index in [0.717, 1.165) is 24.7 Å². The molecule has 1 unspecified atom stereocenters. The molecule has 6 heteroatoms. The normalized spacial score (nSPS) is 17.0. The Labute approximate surface area is 122 Å². The van der Waals surface area contributed by atoms with Crippen LogP contribution in [0.1, 0.15) is 30.1 Å². The Balaban J connectivity index is 1.66. The van der Waals surface area contributed by atoms with Crippen LogP contribution in [0.5, 0.6) is 0 Å². The van der Waals surface area contributed by atoms with Gasteiger partial charge in [-0.2, -0.15) is 13.2 Å². The molecule has 0 saturated heterocycles. The van der Waals surface area contributed by atoms with Gasteiger partial charge in [0.25, 0.3) is 0 Å². The molecule has 1 aliphatic carbocycles. The van der Waals surface area contributed by atoms with E-state index in [0.29, 0.717) is 18.7 Å². The number of alkyl halides is 3. The molecule has 0 aromatic heterocycles. The zero-order chi connectivity index (χ0) is 15.3. The molecule has 0 aliphatic heterocycles. The number of nitrogens with one attached hydrogen (secondary N) is 1. The fourth-order valence-corrected chi connectivity index (χ4v) is 1.93. The van der Waals surface area contributed by atoms with Crippen molar-refractivity contribution >= 4 is 0 Å². The van der Waals surface area contributed by atoms with Crippen LogP contribution in [0.15, 0.2) is 24.3 Å². The van der Waals surface area contributed by atoms with Crippen molar-refractivity contribution in [2.45, 2.75) is 25.1 Å². The highest BCUT2D eigenvalue weighted by Crippen LogP contribution is 2.30. The summed E-state index contributed by atoms with van der Waals surface area (Å²) in [6, 6.07) is 4.58. The maximum Gasteiger partial charge on any atom is 0.416 e. The van der Waals surface area contributed by atoms with Gasteiger partial charge >= 0.3 is 6.18 Å². The molecule has 1 saturated carbocycles. The first-order valence-electron chi connectivity index (χ1n) is 7.10. The molecule has 21 heavy (non-hydrogen) atoms. The van der Waals surface area contributed by atoms with Gasteiger partial charge < -0.3 is 15.2 Å². The minimum atomic E-state index is -4.35. The molecule has 118 valence electrons. The van der Waals surface area contributed by atoms with Crippen LogP contribution in [0, 0.1) is 5.92 Å². The van der Waals surface area contributed by atoms with Gasteiger partial charge in [-0.25, -0.2) is 0 Å². The van der Waals surface area contributed by atoms with Crippen LogP contribution in [0.4, 0.5) is 13.2 Å². The van der Waals surface area contributed by atoms with Crippen molar-refractivity contribution in [3.05, 3.63) is 35.4 Å². The number of ether oxygens (including phenoxy) is 1. The molecule has 0 heterocycles. The Morgan fingerprint density at radius 2 is 1.90 bits per heavy atom. The van der Waals surface area contributed by atoms with Crippen LogP contribution in [0.25, 0.3) is 0 Å². The minimum Gasteiger partial charge on any atom is -0.387 e. The first kappa shape index (κ1) is 16.3.